The van der Waals surface area contributed by atoms with Gasteiger partial charge in [0.15, 0.2) is 0 Å². The second-order valence-electron chi connectivity index (χ2n) is 8.76. The predicted octanol–water partition coefficient (Wildman–Crippen LogP) is -0.776. The number of amides is 1. The number of aliphatic carboxylic acids is 2. The minimum absolute atomic E-state index is 0.0644. The van der Waals surface area contributed by atoms with E-state index in [1.807, 2.05) is 49.2 Å². The Hall–Kier alpha value is -2.57. The summed E-state index contributed by atoms with van der Waals surface area (Å²) in [6.45, 7) is 2.22. The van der Waals surface area contributed by atoms with Crippen LogP contribution >= 0.6 is 0 Å². The Bertz CT molecular complexity index is 822. The predicted molar refractivity (Wildman–Crippen MR) is 120 cm³/mol. The number of benzene rings is 1. The van der Waals surface area contributed by atoms with Crippen LogP contribution < -0.4 is 5.32 Å². The molecule has 6 N–H and O–H groups in total. The van der Waals surface area contributed by atoms with Crippen LogP contribution in [0.2, 0.25) is 0 Å². The summed E-state index contributed by atoms with van der Waals surface area (Å²) < 4.78 is 5.76. The van der Waals surface area contributed by atoms with E-state index >= 15 is 0 Å². The van der Waals surface area contributed by atoms with Crippen molar-refractivity contribution in [2.24, 2.45) is 0 Å². The van der Waals surface area contributed by atoms with Gasteiger partial charge in [-0.25, -0.2) is 4.79 Å². The van der Waals surface area contributed by atoms with Gasteiger partial charge < -0.3 is 40.5 Å². The topological polar surface area (TPSA) is 177 Å². The van der Waals surface area contributed by atoms with Crippen molar-refractivity contribution in [3.05, 3.63) is 35.9 Å². The van der Waals surface area contributed by atoms with Crippen molar-refractivity contribution >= 4 is 17.8 Å². The molecule has 7 atom stereocenters. The molecule has 1 saturated heterocycles. The van der Waals surface area contributed by atoms with Crippen LogP contribution in [-0.4, -0.2) is 104 Å². The fourth-order valence-corrected chi connectivity index (χ4v) is 3.88. The molecular formula is C23H34N2O9. The van der Waals surface area contributed by atoms with Gasteiger partial charge >= 0.3 is 11.9 Å². The fraction of sp³-hybridized carbons (Fsp3) is 0.609. The summed E-state index contributed by atoms with van der Waals surface area (Å²) in [6.07, 6.45) is -7.08. The lowest BCUT2D eigenvalue weighted by Gasteiger charge is -2.42. The first-order valence-electron chi connectivity index (χ1n) is 11.2. The van der Waals surface area contributed by atoms with Gasteiger partial charge in [0.25, 0.3) is 0 Å². The highest BCUT2D eigenvalue weighted by Gasteiger charge is 2.44. The first-order chi connectivity index (χ1) is 16.0. The number of hydrogen-bond donors (Lipinski definition) is 6. The molecule has 0 radical (unpaired) electrons. The normalized spacial score (nSPS) is 26.6. The van der Waals surface area contributed by atoms with Crippen LogP contribution in [0, 0.1) is 0 Å². The van der Waals surface area contributed by atoms with E-state index in [4.69, 9.17) is 9.84 Å². The van der Waals surface area contributed by atoms with E-state index in [9.17, 15) is 34.8 Å². The zero-order valence-electron chi connectivity index (χ0n) is 19.3. The van der Waals surface area contributed by atoms with Gasteiger partial charge in [-0.05, 0) is 32.4 Å². The van der Waals surface area contributed by atoms with Crippen molar-refractivity contribution in [2.45, 2.75) is 75.2 Å². The summed E-state index contributed by atoms with van der Waals surface area (Å²) in [5.74, 6) is -3.37. The van der Waals surface area contributed by atoms with Crippen molar-refractivity contribution in [3.63, 3.8) is 0 Å². The molecule has 1 aromatic carbocycles. The Morgan fingerprint density at radius 3 is 2.24 bits per heavy atom. The number of carboxylic acids is 2. The Labute approximate surface area is 198 Å². The quantitative estimate of drug-likeness (QED) is 0.222. The lowest BCUT2D eigenvalue weighted by atomic mass is 9.92. The number of carbonyl (C=O) groups is 3. The summed E-state index contributed by atoms with van der Waals surface area (Å²) >= 11 is 0. The van der Waals surface area contributed by atoms with Gasteiger partial charge in [0, 0.05) is 19.0 Å². The molecule has 1 amide bonds. The maximum Gasteiger partial charge on any atom is 0.326 e. The number of likely N-dealkylation sites (N-methyl/N-ethyl adjacent to an activating group) is 1. The third kappa shape index (κ3) is 8.03. The van der Waals surface area contributed by atoms with Gasteiger partial charge in [-0.2, -0.15) is 0 Å². The minimum Gasteiger partial charge on any atom is -0.481 e. The maximum atomic E-state index is 12.4. The van der Waals surface area contributed by atoms with Gasteiger partial charge in [-0.1, -0.05) is 30.3 Å². The Kier molecular flexibility index (Phi) is 10.4. The Morgan fingerprint density at radius 1 is 1.03 bits per heavy atom. The summed E-state index contributed by atoms with van der Waals surface area (Å²) in [6, 6.07) is 8.48. The van der Waals surface area contributed by atoms with E-state index in [-0.39, 0.29) is 19.0 Å². The van der Waals surface area contributed by atoms with Crippen molar-refractivity contribution in [1.82, 2.24) is 10.2 Å². The molecule has 1 fully saturated rings. The third-order valence-corrected chi connectivity index (χ3v) is 6.07. The van der Waals surface area contributed by atoms with Gasteiger partial charge in [-0.3, -0.25) is 9.59 Å². The van der Waals surface area contributed by atoms with Gasteiger partial charge in [0.2, 0.25) is 5.91 Å². The lowest BCUT2D eigenvalue weighted by molar-refractivity contribution is -0.226. The van der Waals surface area contributed by atoms with E-state index in [0.717, 1.165) is 12.0 Å². The van der Waals surface area contributed by atoms with E-state index in [1.165, 1.54) is 0 Å². The van der Waals surface area contributed by atoms with E-state index in [1.54, 1.807) is 0 Å². The van der Waals surface area contributed by atoms with Crippen LogP contribution in [0.15, 0.2) is 30.3 Å². The third-order valence-electron chi connectivity index (χ3n) is 6.07. The molecule has 11 heteroatoms. The van der Waals surface area contributed by atoms with E-state index in [2.05, 4.69) is 5.32 Å². The molecule has 0 unspecified atom stereocenters. The van der Waals surface area contributed by atoms with Crippen LogP contribution in [0.1, 0.15) is 31.7 Å². The molecule has 0 aliphatic carbocycles. The van der Waals surface area contributed by atoms with Crippen molar-refractivity contribution < 1.29 is 44.7 Å². The second kappa shape index (κ2) is 12.8. The molecule has 1 aliphatic heterocycles. The molecule has 0 spiro atoms. The number of nitrogens with one attached hydrogen (secondary N) is 1. The number of nitrogens with zero attached hydrogens (tertiary/aromatic N) is 1. The van der Waals surface area contributed by atoms with Crippen LogP contribution in [0.4, 0.5) is 0 Å². The number of hydrogen-bond acceptors (Lipinski definition) is 8. The number of rotatable bonds is 12. The summed E-state index contributed by atoms with van der Waals surface area (Å²) in [5.41, 5.74) is 1.13. The van der Waals surface area contributed by atoms with E-state index in [0.29, 0.717) is 0 Å². The number of aliphatic hydroxyl groups excluding tert-OH is 3. The average Bonchev–Trinajstić information content (AvgIpc) is 2.78. The largest absolute Gasteiger partial charge is 0.481 e. The summed E-state index contributed by atoms with van der Waals surface area (Å²) in [7, 11) is 1.84. The zero-order chi connectivity index (χ0) is 25.4. The van der Waals surface area contributed by atoms with Crippen molar-refractivity contribution in [2.75, 3.05) is 13.6 Å². The Morgan fingerprint density at radius 2 is 1.65 bits per heavy atom. The number of ether oxygens (including phenoxy) is 1. The van der Waals surface area contributed by atoms with Crippen LogP contribution in [0.5, 0.6) is 0 Å². The average molecular weight is 483 g/mol. The van der Waals surface area contributed by atoms with Crippen LogP contribution in [0.3, 0.4) is 0 Å². The highest BCUT2D eigenvalue weighted by Crippen LogP contribution is 2.24. The van der Waals surface area contributed by atoms with Gasteiger partial charge in [-0.15, -0.1) is 0 Å². The molecule has 2 rings (SSSR count). The molecule has 11 nitrogen and oxygen atoms in total. The minimum atomic E-state index is -1.56. The van der Waals surface area contributed by atoms with Crippen LogP contribution in [-0.2, 0) is 25.5 Å². The number of carbonyl (C=O) groups excluding carboxylic acids is 1. The van der Waals surface area contributed by atoms with Gasteiger partial charge in [0.05, 0.1) is 18.6 Å². The smallest absolute Gasteiger partial charge is 0.326 e. The van der Waals surface area contributed by atoms with E-state index < -0.39 is 67.2 Å². The van der Waals surface area contributed by atoms with Gasteiger partial charge in [0.1, 0.15) is 24.4 Å². The fourth-order valence-electron chi connectivity index (χ4n) is 3.88. The second-order valence-corrected chi connectivity index (χ2v) is 8.76. The monoisotopic (exact) mass is 482 g/mol. The molecule has 1 aliphatic rings. The highest BCUT2D eigenvalue weighted by atomic mass is 16.5. The standard InChI is InChI=1S/C23H34N2O9/c1-13(10-14-6-4-3-5-7-14)25(2)12-17-21(30)22(31)20(29)16(34-17)11-18(26)24-15(23(32)33)8-9-19(27)28/h3-7,13,15-17,20-22,29-31H,8-12H2,1-2H3,(H,24,26)(H,27,28)(H,32,33)/t13-,15-,16-,17+,20+,21+,22+/m0/s1. The number of aliphatic hydroxyl groups is 3. The first-order valence-corrected chi connectivity index (χ1v) is 11.2. The van der Waals surface area contributed by atoms with Crippen LogP contribution in [0.25, 0.3) is 0 Å². The zero-order valence-corrected chi connectivity index (χ0v) is 19.3. The molecule has 0 saturated carbocycles. The summed E-state index contributed by atoms with van der Waals surface area (Å²) in [4.78, 5) is 36.3. The lowest BCUT2D eigenvalue weighted by Crippen LogP contribution is -2.61. The Balaban J connectivity index is 1.98. The van der Waals surface area contributed by atoms with Crippen molar-refractivity contribution in [3.8, 4) is 0 Å². The highest BCUT2D eigenvalue weighted by molar-refractivity contribution is 5.84. The number of carboxylic acid groups (broad SMARTS) is 2. The molecule has 0 aromatic heterocycles. The molecule has 1 aromatic rings. The first kappa shape index (κ1) is 27.7. The molecule has 190 valence electrons. The molecule has 1 heterocycles. The maximum absolute atomic E-state index is 12.4. The molecule has 34 heavy (non-hydrogen) atoms. The van der Waals surface area contributed by atoms with Crippen molar-refractivity contribution in [1.29, 1.82) is 0 Å². The summed E-state index contributed by atoms with van der Waals surface area (Å²) in [5, 5.41) is 51.2. The molecule has 0 bridgehead atoms. The SMILES string of the molecule is C[C@@H](Cc1ccccc1)N(C)C[C@H]1O[C@@H](CC(=O)N[C@@H](CCC(=O)O)C(=O)O)[C@@H](O)[C@@H](O)[C@@H]1O. The molecular weight excluding hydrogens is 448 g/mol.